The molecule has 6 heteroatoms. The van der Waals surface area contributed by atoms with Gasteiger partial charge >= 0.3 is 5.97 Å². The number of benzene rings is 2. The van der Waals surface area contributed by atoms with Crippen LogP contribution in [0.15, 0.2) is 79.0 Å². The van der Waals surface area contributed by atoms with E-state index in [9.17, 15) is 9.59 Å². The second-order valence-corrected chi connectivity index (χ2v) is 11.1. The van der Waals surface area contributed by atoms with Crippen molar-refractivity contribution in [1.29, 1.82) is 0 Å². The van der Waals surface area contributed by atoms with E-state index in [1.54, 1.807) is 6.08 Å². The van der Waals surface area contributed by atoms with Gasteiger partial charge in [0.2, 0.25) is 0 Å². The monoisotopic (exact) mass is 533 g/mol. The van der Waals surface area contributed by atoms with Gasteiger partial charge in [0, 0.05) is 35.8 Å². The molecule has 0 saturated heterocycles. The van der Waals surface area contributed by atoms with Gasteiger partial charge in [-0.25, -0.2) is 4.79 Å². The van der Waals surface area contributed by atoms with Gasteiger partial charge in [-0.2, -0.15) is 0 Å². The molecule has 2 aromatic carbocycles. The molecule has 6 nitrogen and oxygen atoms in total. The van der Waals surface area contributed by atoms with E-state index in [2.05, 4.69) is 34.0 Å². The standard InChI is InChI=1S/C34H35N3O3/c1-34(2,20-19-24-13-11-23(12-14-24)15-18-30(38)39)36-33(40)26-16-17-27-29(22-26)37(3)32(28-10-6-7-21-35-28)31(27)25-8-4-5-9-25/h6-7,10-22,25H,4-5,8-9H2,1-3H3,(H,36,40)(H,38,39). The SMILES string of the molecule is Cn1c(-c2ccccn2)c(C2CCCC2)c2ccc(C(=O)NC(C)(C)C=Cc3ccc(C=CC(=O)O)cc3)cc21. The first-order valence-corrected chi connectivity index (χ1v) is 13.8. The Morgan fingerprint density at radius 1 is 1.00 bits per heavy atom. The van der Waals surface area contributed by atoms with Gasteiger partial charge in [-0.05, 0) is 79.6 Å². The summed E-state index contributed by atoms with van der Waals surface area (Å²) in [7, 11) is 2.07. The van der Waals surface area contributed by atoms with Crippen LogP contribution in [-0.4, -0.2) is 32.1 Å². The fourth-order valence-corrected chi connectivity index (χ4v) is 5.64. The zero-order chi connectivity index (χ0) is 28.3. The van der Waals surface area contributed by atoms with Crippen molar-refractivity contribution in [3.05, 3.63) is 101 Å². The number of nitrogens with zero attached hydrogens (tertiary/aromatic N) is 2. The predicted octanol–water partition coefficient (Wildman–Crippen LogP) is 7.22. The third-order valence-electron chi connectivity index (χ3n) is 7.66. The van der Waals surface area contributed by atoms with Gasteiger partial charge in [-0.1, -0.05) is 61.4 Å². The first kappa shape index (κ1) is 27.1. The number of carbonyl (C=O) groups is 2. The molecule has 0 atom stereocenters. The highest BCUT2D eigenvalue weighted by Crippen LogP contribution is 2.44. The number of nitrogens with one attached hydrogen (secondary N) is 1. The topological polar surface area (TPSA) is 84.2 Å². The Labute approximate surface area is 235 Å². The van der Waals surface area contributed by atoms with Crippen molar-refractivity contribution in [3.63, 3.8) is 0 Å². The summed E-state index contributed by atoms with van der Waals surface area (Å²) in [5.41, 5.74) is 6.31. The van der Waals surface area contributed by atoms with Crippen LogP contribution in [0.5, 0.6) is 0 Å². The average Bonchev–Trinajstić information content (AvgIpc) is 3.57. The van der Waals surface area contributed by atoms with Crippen LogP contribution in [-0.2, 0) is 11.8 Å². The van der Waals surface area contributed by atoms with E-state index >= 15 is 0 Å². The maximum atomic E-state index is 13.4. The van der Waals surface area contributed by atoms with Crippen molar-refractivity contribution < 1.29 is 14.7 Å². The maximum Gasteiger partial charge on any atom is 0.328 e. The van der Waals surface area contributed by atoms with E-state index in [1.807, 2.05) is 80.7 Å². The average molecular weight is 534 g/mol. The minimum Gasteiger partial charge on any atom is -0.478 e. The van der Waals surface area contributed by atoms with E-state index in [-0.39, 0.29) is 5.91 Å². The third kappa shape index (κ3) is 5.91. The van der Waals surface area contributed by atoms with Crippen LogP contribution in [0.1, 0.15) is 72.5 Å². The number of hydrogen-bond donors (Lipinski definition) is 2. The highest BCUT2D eigenvalue weighted by atomic mass is 16.4. The zero-order valence-electron chi connectivity index (χ0n) is 23.2. The van der Waals surface area contributed by atoms with Gasteiger partial charge in [-0.3, -0.25) is 9.78 Å². The van der Waals surface area contributed by atoms with Gasteiger partial charge in [-0.15, -0.1) is 0 Å². The zero-order valence-corrected chi connectivity index (χ0v) is 23.2. The quantitative estimate of drug-likeness (QED) is 0.234. The van der Waals surface area contributed by atoms with Crippen molar-refractivity contribution in [2.45, 2.75) is 51.0 Å². The van der Waals surface area contributed by atoms with Crippen LogP contribution < -0.4 is 5.32 Å². The van der Waals surface area contributed by atoms with E-state index in [1.165, 1.54) is 36.6 Å². The lowest BCUT2D eigenvalue weighted by Gasteiger charge is -2.22. The number of rotatable bonds is 8. The molecule has 0 bridgehead atoms. The molecule has 2 heterocycles. The predicted molar refractivity (Wildman–Crippen MR) is 161 cm³/mol. The van der Waals surface area contributed by atoms with E-state index in [0.717, 1.165) is 34.1 Å². The van der Waals surface area contributed by atoms with Crippen LogP contribution in [0.2, 0.25) is 0 Å². The summed E-state index contributed by atoms with van der Waals surface area (Å²) in [6.07, 6.45) is 13.3. The number of aryl methyl sites for hydroxylation is 1. The first-order chi connectivity index (χ1) is 19.2. The summed E-state index contributed by atoms with van der Waals surface area (Å²) in [5.74, 6) is -0.601. The number of pyridine rings is 1. The Hall–Kier alpha value is -4.45. The second-order valence-electron chi connectivity index (χ2n) is 11.1. The molecule has 0 unspecified atom stereocenters. The molecule has 0 spiro atoms. The minimum absolute atomic E-state index is 0.131. The number of hydrogen-bond acceptors (Lipinski definition) is 3. The lowest BCUT2D eigenvalue weighted by Crippen LogP contribution is -2.41. The van der Waals surface area contributed by atoms with Crippen molar-refractivity contribution in [2.75, 3.05) is 0 Å². The normalized spacial score (nSPS) is 14.5. The molecule has 1 saturated carbocycles. The van der Waals surface area contributed by atoms with E-state index in [4.69, 9.17) is 5.11 Å². The molecule has 4 aromatic rings. The molecule has 5 rings (SSSR count). The van der Waals surface area contributed by atoms with Gasteiger partial charge in [0.05, 0.1) is 16.9 Å². The molecule has 1 amide bonds. The van der Waals surface area contributed by atoms with Crippen LogP contribution in [0, 0.1) is 0 Å². The number of carbonyl (C=O) groups excluding carboxylic acids is 1. The van der Waals surface area contributed by atoms with Crippen LogP contribution in [0.4, 0.5) is 0 Å². The summed E-state index contributed by atoms with van der Waals surface area (Å²) >= 11 is 0. The Kier molecular flexibility index (Phi) is 7.69. The molecule has 2 N–H and O–H groups in total. The van der Waals surface area contributed by atoms with Crippen LogP contribution >= 0.6 is 0 Å². The fraction of sp³-hybridized carbons (Fsp3) is 0.265. The number of carboxylic acids is 1. The van der Waals surface area contributed by atoms with Gasteiger partial charge < -0.3 is 15.0 Å². The molecule has 40 heavy (non-hydrogen) atoms. The van der Waals surface area contributed by atoms with Crippen LogP contribution in [0.25, 0.3) is 34.4 Å². The molecule has 204 valence electrons. The van der Waals surface area contributed by atoms with Gasteiger partial charge in [0.1, 0.15) is 0 Å². The highest BCUT2D eigenvalue weighted by molar-refractivity contribution is 6.01. The van der Waals surface area contributed by atoms with Gasteiger partial charge in [0.25, 0.3) is 5.91 Å². The number of aromatic nitrogens is 2. The van der Waals surface area contributed by atoms with Gasteiger partial charge in [0.15, 0.2) is 0 Å². The lowest BCUT2D eigenvalue weighted by atomic mass is 9.93. The third-order valence-corrected chi connectivity index (χ3v) is 7.66. The number of amides is 1. The Balaban J connectivity index is 1.39. The molecule has 0 radical (unpaired) electrons. The Morgan fingerprint density at radius 2 is 1.70 bits per heavy atom. The highest BCUT2D eigenvalue weighted by Gasteiger charge is 2.27. The number of fused-ring (bicyclic) bond motifs is 1. The molecular weight excluding hydrogens is 498 g/mol. The van der Waals surface area contributed by atoms with Crippen molar-refractivity contribution in [2.24, 2.45) is 7.05 Å². The fourth-order valence-electron chi connectivity index (χ4n) is 5.64. The summed E-state index contributed by atoms with van der Waals surface area (Å²) in [5, 5.41) is 13.1. The second kappa shape index (κ2) is 11.3. The van der Waals surface area contributed by atoms with Crippen molar-refractivity contribution >= 4 is 34.9 Å². The molecule has 1 aliphatic rings. The van der Waals surface area contributed by atoms with E-state index in [0.29, 0.717) is 11.5 Å². The summed E-state index contributed by atoms with van der Waals surface area (Å²) in [6, 6.07) is 19.6. The van der Waals surface area contributed by atoms with Crippen molar-refractivity contribution in [1.82, 2.24) is 14.9 Å². The number of carboxylic acid groups (broad SMARTS) is 1. The lowest BCUT2D eigenvalue weighted by molar-refractivity contribution is -0.131. The molecule has 2 aromatic heterocycles. The molecular formula is C34H35N3O3. The van der Waals surface area contributed by atoms with Crippen molar-refractivity contribution in [3.8, 4) is 11.4 Å². The Bertz CT molecular complexity index is 1590. The molecule has 1 fully saturated rings. The number of aliphatic carboxylic acids is 1. The summed E-state index contributed by atoms with van der Waals surface area (Å²) < 4.78 is 2.20. The minimum atomic E-state index is -0.976. The maximum absolute atomic E-state index is 13.4. The largest absolute Gasteiger partial charge is 0.478 e. The summed E-state index contributed by atoms with van der Waals surface area (Å²) in [4.78, 5) is 28.8. The smallest absolute Gasteiger partial charge is 0.328 e. The molecule has 1 aliphatic carbocycles. The first-order valence-electron chi connectivity index (χ1n) is 13.8. The Morgan fingerprint density at radius 3 is 2.35 bits per heavy atom. The van der Waals surface area contributed by atoms with E-state index < -0.39 is 11.5 Å². The van der Waals surface area contributed by atoms with Crippen LogP contribution in [0.3, 0.4) is 0 Å². The molecule has 0 aliphatic heterocycles. The summed E-state index contributed by atoms with van der Waals surface area (Å²) in [6.45, 7) is 3.92.